The van der Waals surface area contributed by atoms with Gasteiger partial charge in [0.2, 0.25) is 0 Å². The molecular formula is C17H17NO3. The Bertz CT molecular complexity index is 728. The normalized spacial score (nSPS) is 29.1. The summed E-state index contributed by atoms with van der Waals surface area (Å²) in [5, 5.41) is 0. The number of carbonyl (C=O) groups is 1. The van der Waals surface area contributed by atoms with E-state index in [-0.39, 0.29) is 11.4 Å². The van der Waals surface area contributed by atoms with Gasteiger partial charge in [-0.05, 0) is 57.0 Å². The van der Waals surface area contributed by atoms with E-state index < -0.39 is 11.0 Å². The molecule has 3 heterocycles. The van der Waals surface area contributed by atoms with Gasteiger partial charge in [-0.2, -0.15) is 0 Å². The van der Waals surface area contributed by atoms with Crippen molar-refractivity contribution < 1.29 is 13.9 Å². The van der Waals surface area contributed by atoms with Crippen LogP contribution in [0.15, 0.2) is 41.1 Å². The molecule has 0 aromatic carbocycles. The number of hydrogen-bond donors (Lipinski definition) is 0. The van der Waals surface area contributed by atoms with Crippen LogP contribution in [0.25, 0.3) is 0 Å². The molecule has 2 unspecified atom stereocenters. The van der Waals surface area contributed by atoms with Gasteiger partial charge in [0.15, 0.2) is 0 Å². The highest BCUT2D eigenvalue weighted by molar-refractivity contribution is 5.93. The van der Waals surface area contributed by atoms with Crippen molar-refractivity contribution >= 4 is 5.97 Å². The summed E-state index contributed by atoms with van der Waals surface area (Å²) in [7, 11) is 0. The molecule has 0 N–H and O–H groups in total. The first-order valence-electron chi connectivity index (χ1n) is 7.15. The molecule has 0 saturated heterocycles. The van der Waals surface area contributed by atoms with Gasteiger partial charge in [-0.15, -0.1) is 0 Å². The summed E-state index contributed by atoms with van der Waals surface area (Å²) < 4.78 is 11.5. The summed E-state index contributed by atoms with van der Waals surface area (Å²) in [5.74, 6) is 1.39. The van der Waals surface area contributed by atoms with Gasteiger partial charge in [0.25, 0.3) is 0 Å². The highest BCUT2D eigenvalue weighted by Crippen LogP contribution is 2.74. The van der Waals surface area contributed by atoms with Gasteiger partial charge < -0.3 is 9.15 Å². The number of hydrogen-bond acceptors (Lipinski definition) is 4. The van der Waals surface area contributed by atoms with E-state index >= 15 is 0 Å². The lowest BCUT2D eigenvalue weighted by atomic mass is 9.82. The lowest BCUT2D eigenvalue weighted by molar-refractivity contribution is -0.158. The molecular weight excluding hydrogens is 266 g/mol. The van der Waals surface area contributed by atoms with Gasteiger partial charge in [-0.25, -0.2) is 0 Å². The summed E-state index contributed by atoms with van der Waals surface area (Å²) in [6.07, 6.45) is 4.23. The molecule has 4 heteroatoms. The van der Waals surface area contributed by atoms with E-state index in [9.17, 15) is 4.79 Å². The fraction of sp³-hybridized carbons (Fsp3) is 0.412. The molecule has 108 valence electrons. The fourth-order valence-corrected chi connectivity index (χ4v) is 3.58. The van der Waals surface area contributed by atoms with Crippen molar-refractivity contribution in [2.24, 2.45) is 0 Å². The highest BCUT2D eigenvalue weighted by Gasteiger charge is 2.81. The van der Waals surface area contributed by atoms with Gasteiger partial charge in [-0.1, -0.05) is 0 Å². The summed E-state index contributed by atoms with van der Waals surface area (Å²) in [6.45, 7) is 5.67. The second kappa shape index (κ2) is 3.56. The molecule has 21 heavy (non-hydrogen) atoms. The number of esters is 1. The molecule has 2 atom stereocenters. The summed E-state index contributed by atoms with van der Waals surface area (Å²) >= 11 is 0. The van der Waals surface area contributed by atoms with Crippen molar-refractivity contribution in [3.63, 3.8) is 0 Å². The molecule has 1 fully saturated rings. The van der Waals surface area contributed by atoms with Crippen molar-refractivity contribution in [2.45, 2.75) is 43.6 Å². The number of carbonyl (C=O) groups excluding carboxylic acids is 1. The Kier molecular flexibility index (Phi) is 2.14. The topological polar surface area (TPSA) is 52.3 Å². The molecule has 2 bridgehead atoms. The van der Waals surface area contributed by atoms with Gasteiger partial charge in [0.05, 0.1) is 5.41 Å². The first kappa shape index (κ1) is 12.6. The Morgan fingerprint density at radius 1 is 1.19 bits per heavy atom. The molecule has 4 rings (SSSR count). The Morgan fingerprint density at radius 3 is 2.52 bits per heavy atom. The number of pyridine rings is 1. The van der Waals surface area contributed by atoms with E-state index in [2.05, 4.69) is 4.98 Å². The van der Waals surface area contributed by atoms with Gasteiger partial charge in [0, 0.05) is 12.4 Å². The van der Waals surface area contributed by atoms with Crippen LogP contribution in [0.2, 0.25) is 0 Å². The van der Waals surface area contributed by atoms with Gasteiger partial charge in [-0.3, -0.25) is 9.78 Å². The molecule has 1 aliphatic carbocycles. The van der Waals surface area contributed by atoms with Gasteiger partial charge >= 0.3 is 5.97 Å². The van der Waals surface area contributed by atoms with E-state index in [4.69, 9.17) is 9.15 Å². The van der Waals surface area contributed by atoms with Crippen molar-refractivity contribution in [3.05, 3.63) is 53.7 Å². The zero-order chi connectivity index (χ0) is 14.9. The minimum absolute atomic E-state index is 0.193. The lowest BCUT2D eigenvalue weighted by Gasteiger charge is -2.24. The third-order valence-corrected chi connectivity index (χ3v) is 4.50. The van der Waals surface area contributed by atoms with Crippen LogP contribution < -0.4 is 0 Å². The summed E-state index contributed by atoms with van der Waals surface area (Å²) in [6, 6.07) is 7.77. The Labute approximate surface area is 123 Å². The Balaban J connectivity index is 1.80. The van der Waals surface area contributed by atoms with Crippen molar-refractivity contribution in [3.8, 4) is 0 Å². The number of furan rings is 1. The molecule has 2 aromatic rings. The number of fused-ring (bicyclic) bond motifs is 5. The average molecular weight is 283 g/mol. The van der Waals surface area contributed by atoms with Crippen LogP contribution in [0.1, 0.15) is 44.3 Å². The first-order chi connectivity index (χ1) is 9.90. The van der Waals surface area contributed by atoms with Gasteiger partial charge in [0.1, 0.15) is 22.5 Å². The molecule has 4 nitrogen and oxygen atoms in total. The van der Waals surface area contributed by atoms with Crippen molar-refractivity contribution in [1.82, 2.24) is 4.98 Å². The zero-order valence-corrected chi connectivity index (χ0v) is 12.3. The second-order valence-corrected chi connectivity index (χ2v) is 6.89. The predicted molar refractivity (Wildman–Crippen MR) is 75.9 cm³/mol. The van der Waals surface area contributed by atoms with Crippen LogP contribution in [0.3, 0.4) is 0 Å². The largest absolute Gasteiger partial charge is 0.464 e. The second-order valence-electron chi connectivity index (χ2n) is 6.89. The molecule has 2 aromatic heterocycles. The molecule has 0 spiro atoms. The molecule has 1 saturated carbocycles. The first-order valence-corrected chi connectivity index (χ1v) is 7.15. The van der Waals surface area contributed by atoms with E-state index in [1.165, 1.54) is 0 Å². The maximum atomic E-state index is 12.8. The molecule has 2 aliphatic rings. The zero-order valence-electron chi connectivity index (χ0n) is 12.3. The Morgan fingerprint density at radius 2 is 1.86 bits per heavy atom. The maximum Gasteiger partial charge on any atom is 0.321 e. The molecule has 0 amide bonds. The molecule has 1 aliphatic heterocycles. The van der Waals surface area contributed by atoms with E-state index in [1.54, 1.807) is 12.4 Å². The minimum atomic E-state index is -0.675. The molecule has 0 radical (unpaired) electrons. The third-order valence-electron chi connectivity index (χ3n) is 4.50. The van der Waals surface area contributed by atoms with E-state index in [0.29, 0.717) is 0 Å². The minimum Gasteiger partial charge on any atom is -0.464 e. The number of aromatic nitrogens is 1. The van der Waals surface area contributed by atoms with Crippen molar-refractivity contribution in [1.29, 1.82) is 0 Å². The van der Waals surface area contributed by atoms with Crippen LogP contribution >= 0.6 is 0 Å². The highest BCUT2D eigenvalue weighted by atomic mass is 16.6. The maximum absolute atomic E-state index is 12.8. The number of rotatable bonds is 2. The number of ether oxygens (including phenoxy) is 1. The van der Waals surface area contributed by atoms with Crippen LogP contribution in [-0.2, 0) is 20.4 Å². The van der Waals surface area contributed by atoms with E-state index in [1.807, 2.05) is 45.0 Å². The summed E-state index contributed by atoms with van der Waals surface area (Å²) in [4.78, 5) is 16.9. The average Bonchev–Trinajstić information content (AvgIpc) is 2.84. The lowest BCUT2D eigenvalue weighted by Crippen LogP contribution is -2.36. The van der Waals surface area contributed by atoms with Crippen LogP contribution in [0.5, 0.6) is 0 Å². The van der Waals surface area contributed by atoms with Crippen LogP contribution in [0, 0.1) is 0 Å². The summed E-state index contributed by atoms with van der Waals surface area (Å²) in [5.41, 5.74) is -0.499. The number of nitrogens with zero attached hydrogens (tertiary/aromatic N) is 1. The fourth-order valence-electron chi connectivity index (χ4n) is 3.58. The monoisotopic (exact) mass is 283 g/mol. The Hall–Kier alpha value is -2.10. The smallest absolute Gasteiger partial charge is 0.321 e. The van der Waals surface area contributed by atoms with Crippen LogP contribution in [-0.4, -0.2) is 16.6 Å². The van der Waals surface area contributed by atoms with E-state index in [0.717, 1.165) is 23.5 Å². The van der Waals surface area contributed by atoms with Crippen LogP contribution in [0.4, 0.5) is 0 Å². The third kappa shape index (κ3) is 1.40. The standard InChI is InChI=1S/C17H17NO3/c1-15(2,3)21-14(19)17-10-16(17,11-6-8-18-9-7-11)12-4-5-13(17)20-12/h4-9H,10H2,1-3H3. The van der Waals surface area contributed by atoms with Crippen molar-refractivity contribution in [2.75, 3.05) is 0 Å². The SMILES string of the molecule is CC(C)(C)OC(=O)C12CC1(c1ccncc1)c1ccc2o1. The predicted octanol–water partition coefficient (Wildman–Crippen LogP) is 2.96. The quantitative estimate of drug-likeness (QED) is 0.795.